The van der Waals surface area contributed by atoms with Gasteiger partial charge in [0.05, 0.1) is 6.61 Å². The summed E-state index contributed by atoms with van der Waals surface area (Å²) in [5.41, 5.74) is 4.41. The normalized spacial score (nSPS) is 12.6. The lowest BCUT2D eigenvalue weighted by Crippen LogP contribution is -2.17. The van der Waals surface area contributed by atoms with Crippen LogP contribution in [0.4, 0.5) is 0 Å². The first-order valence-electron chi connectivity index (χ1n) is 7.30. The number of aliphatic hydroxyl groups excluding tert-OH is 1. The van der Waals surface area contributed by atoms with E-state index in [1.54, 1.807) is 0 Å². The van der Waals surface area contributed by atoms with Crippen molar-refractivity contribution in [2.45, 2.75) is 51.6 Å². The Morgan fingerprint density at radius 3 is 2.50 bits per heavy atom. The molecule has 0 amide bonds. The SMILES string of the molecule is C[Si](C)(C)C#C[C@H](O)CCCCOCc1ccccc1. The van der Waals surface area contributed by atoms with Gasteiger partial charge < -0.3 is 9.84 Å². The Balaban J connectivity index is 2.06. The van der Waals surface area contributed by atoms with Crippen LogP contribution < -0.4 is 0 Å². The second-order valence-corrected chi connectivity index (χ2v) is 10.8. The molecule has 0 unspecified atom stereocenters. The maximum atomic E-state index is 9.75. The lowest BCUT2D eigenvalue weighted by molar-refractivity contribution is 0.113. The Morgan fingerprint density at radius 2 is 1.85 bits per heavy atom. The minimum absolute atomic E-state index is 0.476. The molecule has 0 spiro atoms. The molecule has 1 aromatic carbocycles. The number of benzene rings is 1. The van der Waals surface area contributed by atoms with Crippen LogP contribution >= 0.6 is 0 Å². The van der Waals surface area contributed by atoms with E-state index in [-0.39, 0.29) is 0 Å². The number of ether oxygens (including phenoxy) is 1. The molecule has 0 heterocycles. The first-order chi connectivity index (χ1) is 9.47. The highest BCUT2D eigenvalue weighted by molar-refractivity contribution is 6.83. The van der Waals surface area contributed by atoms with Crippen LogP contribution in [0, 0.1) is 11.5 Å². The molecule has 1 rings (SSSR count). The van der Waals surface area contributed by atoms with Crippen molar-refractivity contribution in [3.05, 3.63) is 35.9 Å². The van der Waals surface area contributed by atoms with Gasteiger partial charge in [-0.3, -0.25) is 0 Å². The van der Waals surface area contributed by atoms with Crippen LogP contribution in [-0.2, 0) is 11.3 Å². The predicted molar refractivity (Wildman–Crippen MR) is 87.1 cm³/mol. The Labute approximate surface area is 124 Å². The molecule has 0 aliphatic rings. The minimum atomic E-state index is -1.36. The van der Waals surface area contributed by atoms with E-state index in [4.69, 9.17) is 4.74 Å². The van der Waals surface area contributed by atoms with Crippen LogP contribution in [0.3, 0.4) is 0 Å². The van der Waals surface area contributed by atoms with Crippen molar-refractivity contribution >= 4 is 8.07 Å². The molecule has 20 heavy (non-hydrogen) atoms. The Kier molecular flexibility index (Phi) is 7.61. The molecule has 2 nitrogen and oxygen atoms in total. The van der Waals surface area contributed by atoms with Gasteiger partial charge in [-0.15, -0.1) is 5.54 Å². The molecule has 3 heteroatoms. The second-order valence-electron chi connectivity index (χ2n) is 6.07. The summed E-state index contributed by atoms with van der Waals surface area (Å²) in [7, 11) is -1.36. The van der Waals surface area contributed by atoms with Gasteiger partial charge in [-0.1, -0.05) is 55.9 Å². The van der Waals surface area contributed by atoms with Gasteiger partial charge >= 0.3 is 0 Å². The molecule has 110 valence electrons. The van der Waals surface area contributed by atoms with Crippen molar-refractivity contribution in [3.8, 4) is 11.5 Å². The van der Waals surface area contributed by atoms with Gasteiger partial charge in [0, 0.05) is 6.61 Å². The first-order valence-corrected chi connectivity index (χ1v) is 10.8. The molecular weight excluding hydrogens is 264 g/mol. The quantitative estimate of drug-likeness (QED) is 0.472. The monoisotopic (exact) mass is 290 g/mol. The molecular formula is C17H26O2Si. The summed E-state index contributed by atoms with van der Waals surface area (Å²) in [6, 6.07) is 10.2. The fourth-order valence-corrected chi connectivity index (χ4v) is 2.28. The van der Waals surface area contributed by atoms with Gasteiger partial charge in [-0.05, 0) is 24.8 Å². The maximum absolute atomic E-state index is 9.75. The number of aliphatic hydroxyl groups is 1. The third-order valence-electron chi connectivity index (χ3n) is 2.74. The van der Waals surface area contributed by atoms with E-state index >= 15 is 0 Å². The molecule has 1 N–H and O–H groups in total. The molecule has 0 aliphatic heterocycles. The first kappa shape index (κ1) is 17.0. The largest absolute Gasteiger partial charge is 0.380 e. The zero-order chi connectivity index (χ0) is 14.8. The van der Waals surface area contributed by atoms with Crippen LogP contribution in [0.5, 0.6) is 0 Å². The number of unbranched alkanes of at least 4 members (excludes halogenated alkanes) is 1. The summed E-state index contributed by atoms with van der Waals surface area (Å²) in [5.74, 6) is 2.97. The Hall–Kier alpha value is -1.08. The fraction of sp³-hybridized carbons (Fsp3) is 0.529. The van der Waals surface area contributed by atoms with Crippen LogP contribution in [-0.4, -0.2) is 25.9 Å². The molecule has 0 aromatic heterocycles. The van der Waals surface area contributed by atoms with Gasteiger partial charge in [0.15, 0.2) is 0 Å². The lowest BCUT2D eigenvalue weighted by Gasteiger charge is -2.07. The third kappa shape index (κ3) is 8.92. The lowest BCUT2D eigenvalue weighted by atomic mass is 10.2. The highest BCUT2D eigenvalue weighted by Crippen LogP contribution is 2.05. The number of hydrogen-bond donors (Lipinski definition) is 1. The third-order valence-corrected chi connectivity index (χ3v) is 3.64. The van der Waals surface area contributed by atoms with E-state index in [2.05, 4.69) is 43.2 Å². The van der Waals surface area contributed by atoms with Crippen molar-refractivity contribution in [1.29, 1.82) is 0 Å². The summed E-state index contributed by atoms with van der Waals surface area (Å²) in [6.45, 7) is 7.96. The summed E-state index contributed by atoms with van der Waals surface area (Å²) in [6.07, 6.45) is 2.19. The van der Waals surface area contributed by atoms with Crippen LogP contribution in [0.25, 0.3) is 0 Å². The minimum Gasteiger partial charge on any atom is -0.380 e. The van der Waals surface area contributed by atoms with Gasteiger partial charge in [0.2, 0.25) is 0 Å². The van der Waals surface area contributed by atoms with Crippen LogP contribution in [0.15, 0.2) is 30.3 Å². The molecule has 0 aliphatic carbocycles. The zero-order valence-electron chi connectivity index (χ0n) is 12.9. The van der Waals surface area contributed by atoms with Crippen molar-refractivity contribution in [3.63, 3.8) is 0 Å². The molecule has 0 saturated heterocycles. The van der Waals surface area contributed by atoms with Crippen LogP contribution in [0.1, 0.15) is 24.8 Å². The average Bonchev–Trinajstić information content (AvgIpc) is 2.41. The standard InChI is InChI=1S/C17H26O2Si/c1-20(2,3)14-12-17(18)11-7-8-13-19-15-16-9-5-4-6-10-16/h4-6,9-10,17-18H,7-8,11,13,15H2,1-3H3/t17-/m1/s1. The van der Waals surface area contributed by atoms with E-state index in [1.165, 1.54) is 5.56 Å². The van der Waals surface area contributed by atoms with Gasteiger partial charge in [-0.25, -0.2) is 0 Å². The highest BCUT2D eigenvalue weighted by Gasteiger charge is 2.08. The van der Waals surface area contributed by atoms with Crippen molar-refractivity contribution in [2.75, 3.05) is 6.61 Å². The molecule has 1 atom stereocenters. The summed E-state index contributed by atoms with van der Waals surface area (Å²) >= 11 is 0. The summed E-state index contributed by atoms with van der Waals surface area (Å²) in [5, 5.41) is 9.75. The number of rotatable bonds is 7. The Morgan fingerprint density at radius 1 is 1.15 bits per heavy atom. The summed E-state index contributed by atoms with van der Waals surface area (Å²) < 4.78 is 5.60. The second kappa shape index (κ2) is 8.96. The predicted octanol–water partition coefficient (Wildman–Crippen LogP) is 3.62. The number of hydrogen-bond acceptors (Lipinski definition) is 2. The summed E-state index contributed by atoms with van der Waals surface area (Å²) in [4.78, 5) is 0. The van der Waals surface area contributed by atoms with Crippen LogP contribution in [0.2, 0.25) is 19.6 Å². The van der Waals surface area contributed by atoms with E-state index in [9.17, 15) is 5.11 Å². The van der Waals surface area contributed by atoms with Gasteiger partial charge in [0.25, 0.3) is 0 Å². The average molecular weight is 290 g/mol. The van der Waals surface area contributed by atoms with Crippen molar-refractivity contribution in [1.82, 2.24) is 0 Å². The molecule has 0 radical (unpaired) electrons. The molecule has 0 bridgehead atoms. The Bertz CT molecular complexity index is 426. The molecule has 0 fully saturated rings. The van der Waals surface area contributed by atoms with Gasteiger partial charge in [0.1, 0.15) is 14.2 Å². The van der Waals surface area contributed by atoms with Crippen molar-refractivity contribution < 1.29 is 9.84 Å². The zero-order valence-corrected chi connectivity index (χ0v) is 13.9. The van der Waals surface area contributed by atoms with Gasteiger partial charge in [-0.2, -0.15) is 0 Å². The van der Waals surface area contributed by atoms with E-state index < -0.39 is 14.2 Å². The fourth-order valence-electron chi connectivity index (χ4n) is 1.68. The van der Waals surface area contributed by atoms with E-state index in [0.717, 1.165) is 25.9 Å². The smallest absolute Gasteiger partial charge is 0.129 e. The topological polar surface area (TPSA) is 29.5 Å². The highest BCUT2D eigenvalue weighted by atomic mass is 28.3. The maximum Gasteiger partial charge on any atom is 0.129 e. The molecule has 1 aromatic rings. The molecule has 0 saturated carbocycles. The van der Waals surface area contributed by atoms with Crippen molar-refractivity contribution in [2.24, 2.45) is 0 Å². The van der Waals surface area contributed by atoms with E-state index in [0.29, 0.717) is 6.61 Å². The van der Waals surface area contributed by atoms with E-state index in [1.807, 2.05) is 18.2 Å².